The Hall–Kier alpha value is -2.40. The average molecular weight is 349 g/mol. The Morgan fingerprint density at radius 1 is 1.17 bits per heavy atom. The predicted octanol–water partition coefficient (Wildman–Crippen LogP) is 3.34. The van der Waals surface area contributed by atoms with Gasteiger partial charge in [-0.1, -0.05) is 19.1 Å². The van der Waals surface area contributed by atoms with Crippen molar-refractivity contribution in [2.75, 3.05) is 18.9 Å². The van der Waals surface area contributed by atoms with E-state index in [0.717, 1.165) is 23.5 Å². The number of nitrogen functional groups attached to an aromatic ring is 1. The molecule has 5 nitrogen and oxygen atoms in total. The molecule has 0 fully saturated rings. The Labute approximate surface area is 147 Å². The zero-order valence-electron chi connectivity index (χ0n) is 13.5. The van der Waals surface area contributed by atoms with E-state index in [9.17, 15) is 4.79 Å². The lowest BCUT2D eigenvalue weighted by Crippen LogP contribution is -2.28. The van der Waals surface area contributed by atoms with Crippen molar-refractivity contribution in [3.05, 3.63) is 53.6 Å². The first kappa shape index (κ1) is 17.9. The van der Waals surface area contributed by atoms with Gasteiger partial charge in [-0.15, -0.1) is 12.4 Å². The van der Waals surface area contributed by atoms with Gasteiger partial charge in [-0.05, 0) is 42.3 Å². The molecule has 6 heteroatoms. The van der Waals surface area contributed by atoms with Crippen LogP contribution in [0.1, 0.15) is 35.3 Å². The van der Waals surface area contributed by atoms with Crippen molar-refractivity contribution in [2.24, 2.45) is 0 Å². The zero-order valence-corrected chi connectivity index (χ0v) is 14.3. The summed E-state index contributed by atoms with van der Waals surface area (Å²) in [5.41, 5.74) is 7.86. The number of ether oxygens (including phenoxy) is 2. The largest absolute Gasteiger partial charge is 0.486 e. The predicted molar refractivity (Wildman–Crippen MR) is 96.0 cm³/mol. The first-order valence-corrected chi connectivity index (χ1v) is 7.73. The summed E-state index contributed by atoms with van der Waals surface area (Å²) in [7, 11) is 0. The first-order chi connectivity index (χ1) is 11.2. The number of nitrogens with one attached hydrogen (secondary N) is 1. The van der Waals surface area contributed by atoms with Gasteiger partial charge in [-0.25, -0.2) is 0 Å². The molecule has 2 aromatic rings. The van der Waals surface area contributed by atoms with Gasteiger partial charge in [0.15, 0.2) is 11.5 Å². The van der Waals surface area contributed by atoms with Crippen molar-refractivity contribution < 1.29 is 14.3 Å². The van der Waals surface area contributed by atoms with Gasteiger partial charge in [-0.2, -0.15) is 0 Å². The number of nitrogens with two attached hydrogens (primary N) is 1. The Morgan fingerprint density at radius 2 is 1.92 bits per heavy atom. The molecule has 0 saturated heterocycles. The van der Waals surface area contributed by atoms with E-state index < -0.39 is 0 Å². The van der Waals surface area contributed by atoms with Crippen LogP contribution in [0.15, 0.2) is 42.5 Å². The standard InChI is InChI=1S/C18H20N2O3.ClH/c1-2-15(20-18(21)13-4-3-5-14(19)10-13)12-6-7-16-17(11-12)23-9-8-22-16;/h3-7,10-11,15H,2,8-9,19H2,1H3,(H,20,21);1H. The number of rotatable bonds is 4. The third-order valence-electron chi connectivity index (χ3n) is 3.83. The number of benzene rings is 2. The van der Waals surface area contributed by atoms with Crippen LogP contribution in [-0.2, 0) is 0 Å². The fourth-order valence-electron chi connectivity index (χ4n) is 2.62. The number of hydrogen-bond acceptors (Lipinski definition) is 4. The molecule has 0 aromatic heterocycles. The second kappa shape index (κ2) is 7.93. The second-order valence-corrected chi connectivity index (χ2v) is 5.46. The molecule has 1 aliphatic heterocycles. The van der Waals surface area contributed by atoms with E-state index in [0.29, 0.717) is 24.5 Å². The number of carbonyl (C=O) groups excluding carboxylic acids is 1. The molecule has 0 bridgehead atoms. The van der Waals surface area contributed by atoms with Gasteiger partial charge in [0.1, 0.15) is 13.2 Å². The van der Waals surface area contributed by atoms with Crippen molar-refractivity contribution in [3.63, 3.8) is 0 Å². The summed E-state index contributed by atoms with van der Waals surface area (Å²) < 4.78 is 11.1. The summed E-state index contributed by atoms with van der Waals surface area (Å²) in [6, 6.07) is 12.6. The Balaban J connectivity index is 0.00000208. The van der Waals surface area contributed by atoms with E-state index in [1.54, 1.807) is 24.3 Å². The van der Waals surface area contributed by atoms with Crippen LogP contribution < -0.4 is 20.5 Å². The summed E-state index contributed by atoms with van der Waals surface area (Å²) in [5, 5.41) is 3.04. The summed E-state index contributed by atoms with van der Waals surface area (Å²) in [6.45, 7) is 3.14. The summed E-state index contributed by atoms with van der Waals surface area (Å²) in [5.74, 6) is 1.33. The molecule has 1 heterocycles. The van der Waals surface area contributed by atoms with Crippen LogP contribution in [0.4, 0.5) is 5.69 Å². The van der Waals surface area contributed by atoms with Gasteiger partial charge < -0.3 is 20.5 Å². The normalized spacial score (nSPS) is 13.5. The molecule has 24 heavy (non-hydrogen) atoms. The fourth-order valence-corrected chi connectivity index (χ4v) is 2.62. The Bertz CT molecular complexity index is 721. The number of carbonyl (C=O) groups is 1. The molecule has 2 aromatic carbocycles. The van der Waals surface area contributed by atoms with Crippen molar-refractivity contribution in [1.29, 1.82) is 0 Å². The molecule has 1 amide bonds. The maximum Gasteiger partial charge on any atom is 0.251 e. The van der Waals surface area contributed by atoms with Crippen LogP contribution in [0.5, 0.6) is 11.5 Å². The van der Waals surface area contributed by atoms with E-state index in [1.807, 2.05) is 25.1 Å². The first-order valence-electron chi connectivity index (χ1n) is 7.73. The van der Waals surface area contributed by atoms with Crippen molar-refractivity contribution in [2.45, 2.75) is 19.4 Å². The highest BCUT2D eigenvalue weighted by molar-refractivity contribution is 5.95. The lowest BCUT2D eigenvalue weighted by molar-refractivity contribution is 0.0935. The lowest BCUT2D eigenvalue weighted by Gasteiger charge is -2.22. The molecule has 128 valence electrons. The van der Waals surface area contributed by atoms with Gasteiger partial charge in [0.25, 0.3) is 5.91 Å². The van der Waals surface area contributed by atoms with E-state index in [1.165, 1.54) is 0 Å². The number of amides is 1. The van der Waals surface area contributed by atoms with Gasteiger partial charge in [0.05, 0.1) is 6.04 Å². The summed E-state index contributed by atoms with van der Waals surface area (Å²) in [6.07, 6.45) is 0.772. The Kier molecular flexibility index (Phi) is 5.93. The second-order valence-electron chi connectivity index (χ2n) is 5.46. The number of halogens is 1. The topological polar surface area (TPSA) is 73.6 Å². The Morgan fingerprint density at radius 3 is 2.62 bits per heavy atom. The molecule has 0 saturated carbocycles. The van der Waals surface area contributed by atoms with Crippen LogP contribution in [-0.4, -0.2) is 19.1 Å². The number of fused-ring (bicyclic) bond motifs is 1. The number of anilines is 1. The maximum atomic E-state index is 12.4. The lowest BCUT2D eigenvalue weighted by atomic mass is 10.0. The van der Waals surface area contributed by atoms with Crippen LogP contribution >= 0.6 is 12.4 Å². The van der Waals surface area contributed by atoms with Crippen LogP contribution in [0, 0.1) is 0 Å². The van der Waals surface area contributed by atoms with Crippen LogP contribution in [0.2, 0.25) is 0 Å². The van der Waals surface area contributed by atoms with Crippen LogP contribution in [0.3, 0.4) is 0 Å². The fraction of sp³-hybridized carbons (Fsp3) is 0.278. The molecule has 0 aliphatic carbocycles. The smallest absolute Gasteiger partial charge is 0.251 e. The minimum Gasteiger partial charge on any atom is -0.486 e. The minimum atomic E-state index is -0.140. The van der Waals surface area contributed by atoms with E-state index >= 15 is 0 Å². The van der Waals surface area contributed by atoms with Crippen molar-refractivity contribution >= 4 is 24.0 Å². The van der Waals surface area contributed by atoms with E-state index in [-0.39, 0.29) is 24.4 Å². The van der Waals surface area contributed by atoms with Gasteiger partial charge in [-0.3, -0.25) is 4.79 Å². The van der Waals surface area contributed by atoms with Crippen molar-refractivity contribution in [3.8, 4) is 11.5 Å². The highest BCUT2D eigenvalue weighted by Crippen LogP contribution is 2.33. The molecule has 3 N–H and O–H groups in total. The molecule has 0 spiro atoms. The van der Waals surface area contributed by atoms with Gasteiger partial charge in [0, 0.05) is 11.3 Å². The zero-order chi connectivity index (χ0) is 16.2. The average Bonchev–Trinajstić information content (AvgIpc) is 2.59. The molecule has 1 aliphatic rings. The highest BCUT2D eigenvalue weighted by atomic mass is 35.5. The summed E-state index contributed by atoms with van der Waals surface area (Å²) >= 11 is 0. The molecule has 0 radical (unpaired) electrons. The van der Waals surface area contributed by atoms with Crippen LogP contribution in [0.25, 0.3) is 0 Å². The van der Waals surface area contributed by atoms with Gasteiger partial charge in [0.2, 0.25) is 0 Å². The summed E-state index contributed by atoms with van der Waals surface area (Å²) in [4.78, 5) is 12.4. The minimum absolute atomic E-state index is 0. The molecular weight excluding hydrogens is 328 g/mol. The maximum absolute atomic E-state index is 12.4. The molecule has 1 unspecified atom stereocenters. The molecule has 3 rings (SSSR count). The highest BCUT2D eigenvalue weighted by Gasteiger charge is 2.18. The SMILES string of the molecule is CCC(NC(=O)c1cccc(N)c1)c1ccc2c(c1)OCCO2.Cl. The quantitative estimate of drug-likeness (QED) is 0.831. The third-order valence-corrected chi connectivity index (χ3v) is 3.83. The molecule has 1 atom stereocenters. The van der Waals surface area contributed by atoms with Gasteiger partial charge >= 0.3 is 0 Å². The monoisotopic (exact) mass is 348 g/mol. The van der Waals surface area contributed by atoms with Crippen molar-refractivity contribution in [1.82, 2.24) is 5.32 Å². The third kappa shape index (κ3) is 3.92. The van der Waals surface area contributed by atoms with E-state index in [4.69, 9.17) is 15.2 Å². The van der Waals surface area contributed by atoms with E-state index in [2.05, 4.69) is 5.32 Å². The molecular formula is C18H21ClN2O3. The number of hydrogen-bond donors (Lipinski definition) is 2.